The van der Waals surface area contributed by atoms with Gasteiger partial charge in [-0.3, -0.25) is 0 Å². The van der Waals surface area contributed by atoms with Crippen LogP contribution < -0.4 is 4.74 Å². The Morgan fingerprint density at radius 2 is 1.89 bits per heavy atom. The molecule has 4 nitrogen and oxygen atoms in total. The van der Waals surface area contributed by atoms with E-state index in [1.54, 1.807) is 17.8 Å². The highest BCUT2D eigenvalue weighted by Gasteiger charge is 2.11. The maximum Gasteiger partial charge on any atom is 0.223 e. The van der Waals surface area contributed by atoms with E-state index >= 15 is 0 Å². The summed E-state index contributed by atoms with van der Waals surface area (Å²) in [6.07, 6.45) is 0. The van der Waals surface area contributed by atoms with Gasteiger partial charge < -0.3 is 4.74 Å². The number of rotatable bonds is 6. The van der Waals surface area contributed by atoms with Crippen molar-refractivity contribution in [3.05, 3.63) is 77.0 Å². The zero-order valence-corrected chi connectivity index (χ0v) is 16.5. The lowest BCUT2D eigenvalue weighted by atomic mass is 10.1. The van der Waals surface area contributed by atoms with Crippen LogP contribution in [-0.2, 0) is 5.75 Å². The molecule has 1 heterocycles. The van der Waals surface area contributed by atoms with Gasteiger partial charge in [0.1, 0.15) is 5.75 Å². The van der Waals surface area contributed by atoms with Crippen LogP contribution in [0.15, 0.2) is 59.8 Å². The monoisotopic (exact) mass is 375 g/mol. The van der Waals surface area contributed by atoms with Crippen LogP contribution in [0.1, 0.15) is 42.1 Å². The Bertz CT molecular complexity index is 979. The van der Waals surface area contributed by atoms with Crippen molar-refractivity contribution >= 4 is 11.8 Å². The first-order valence-corrected chi connectivity index (χ1v) is 9.77. The summed E-state index contributed by atoms with van der Waals surface area (Å²) in [5, 5.41) is 9.72. The molecule has 0 bridgehead atoms. The van der Waals surface area contributed by atoms with Crippen LogP contribution in [-0.4, -0.2) is 9.97 Å². The molecule has 0 aliphatic heterocycles. The highest BCUT2D eigenvalue weighted by molar-refractivity contribution is 7.98. The Morgan fingerprint density at radius 1 is 1.07 bits per heavy atom. The fraction of sp³-hybridized carbons (Fsp3) is 0.227. The largest absolute Gasteiger partial charge is 0.439 e. The summed E-state index contributed by atoms with van der Waals surface area (Å²) in [7, 11) is 0. The molecule has 0 fully saturated rings. The predicted molar refractivity (Wildman–Crippen MR) is 108 cm³/mol. The first-order valence-electron chi connectivity index (χ1n) is 8.79. The molecule has 0 amide bonds. The number of hydrogen-bond donors (Lipinski definition) is 0. The van der Waals surface area contributed by atoms with Crippen molar-refractivity contribution in [2.75, 3.05) is 0 Å². The number of aromatic nitrogens is 2. The molecular formula is C22H21N3OS. The van der Waals surface area contributed by atoms with Gasteiger partial charge in [0.15, 0.2) is 5.16 Å². The van der Waals surface area contributed by atoms with E-state index in [0.717, 1.165) is 22.6 Å². The molecule has 2 aromatic carbocycles. The molecule has 1 aromatic heterocycles. The second-order valence-electron chi connectivity index (χ2n) is 6.59. The smallest absolute Gasteiger partial charge is 0.223 e. The lowest BCUT2D eigenvalue weighted by molar-refractivity contribution is 0.452. The molecule has 0 saturated heterocycles. The van der Waals surface area contributed by atoms with Gasteiger partial charge in [0.2, 0.25) is 5.88 Å². The minimum Gasteiger partial charge on any atom is -0.439 e. The fourth-order valence-corrected chi connectivity index (χ4v) is 3.31. The van der Waals surface area contributed by atoms with Crippen LogP contribution in [0.25, 0.3) is 0 Å². The molecule has 0 atom stereocenters. The van der Waals surface area contributed by atoms with E-state index in [-0.39, 0.29) is 5.92 Å². The number of hydrogen-bond acceptors (Lipinski definition) is 5. The van der Waals surface area contributed by atoms with E-state index in [0.29, 0.717) is 22.4 Å². The summed E-state index contributed by atoms with van der Waals surface area (Å²) < 4.78 is 5.97. The molecule has 27 heavy (non-hydrogen) atoms. The highest BCUT2D eigenvalue weighted by Crippen LogP contribution is 2.28. The average molecular weight is 375 g/mol. The summed E-state index contributed by atoms with van der Waals surface area (Å²) >= 11 is 1.54. The number of nitriles is 1. The van der Waals surface area contributed by atoms with Crippen LogP contribution >= 0.6 is 11.8 Å². The van der Waals surface area contributed by atoms with E-state index < -0.39 is 0 Å². The quantitative estimate of drug-likeness (QED) is 0.399. The van der Waals surface area contributed by atoms with Crippen molar-refractivity contribution in [3.8, 4) is 17.7 Å². The highest BCUT2D eigenvalue weighted by atomic mass is 32.2. The van der Waals surface area contributed by atoms with Crippen molar-refractivity contribution < 1.29 is 4.74 Å². The molecule has 3 rings (SSSR count). The summed E-state index contributed by atoms with van der Waals surface area (Å²) in [5.41, 5.74) is 3.81. The minimum absolute atomic E-state index is 0.272. The summed E-state index contributed by atoms with van der Waals surface area (Å²) in [5.74, 6) is 2.28. The number of benzene rings is 2. The zero-order valence-electron chi connectivity index (χ0n) is 15.6. The zero-order chi connectivity index (χ0) is 19.2. The van der Waals surface area contributed by atoms with Crippen molar-refractivity contribution in [1.29, 1.82) is 5.26 Å². The Balaban J connectivity index is 1.81. The maximum atomic E-state index is 9.04. The van der Waals surface area contributed by atoms with E-state index in [1.807, 2.05) is 55.5 Å². The standard InChI is InChI=1S/C22H21N3OS/c1-15(2)20-12-21(26-19-9-4-6-16(3)10-19)25-22(24-20)27-14-18-8-5-7-17(11-18)13-23/h4-12,15H,14H2,1-3H3. The molecule has 0 radical (unpaired) electrons. The van der Waals surface area contributed by atoms with Crippen LogP contribution in [0.3, 0.4) is 0 Å². The van der Waals surface area contributed by atoms with Gasteiger partial charge in [0, 0.05) is 11.8 Å². The predicted octanol–water partition coefficient (Wildman–Crippen LogP) is 5.86. The first kappa shape index (κ1) is 18.9. The third-order valence-corrected chi connectivity index (χ3v) is 4.85. The molecule has 0 spiro atoms. The number of ether oxygens (including phenoxy) is 1. The van der Waals surface area contributed by atoms with Crippen LogP contribution in [0.4, 0.5) is 0 Å². The third kappa shape index (κ3) is 5.32. The topological polar surface area (TPSA) is 58.8 Å². The van der Waals surface area contributed by atoms with E-state index in [1.165, 1.54) is 0 Å². The molecule has 0 N–H and O–H groups in total. The SMILES string of the molecule is Cc1cccc(Oc2cc(C(C)C)nc(SCc3cccc(C#N)c3)n2)c1. The van der Waals surface area contributed by atoms with E-state index in [9.17, 15) is 0 Å². The number of thioether (sulfide) groups is 1. The second kappa shape index (κ2) is 8.70. The van der Waals surface area contributed by atoms with Gasteiger partial charge in [-0.2, -0.15) is 10.2 Å². The van der Waals surface area contributed by atoms with Crippen LogP contribution in [0.2, 0.25) is 0 Å². The summed E-state index contributed by atoms with van der Waals surface area (Å²) in [4.78, 5) is 9.22. The Labute approximate surface area is 164 Å². The van der Waals surface area contributed by atoms with Crippen molar-refractivity contribution in [3.63, 3.8) is 0 Å². The van der Waals surface area contributed by atoms with Gasteiger partial charge in [-0.15, -0.1) is 0 Å². The van der Waals surface area contributed by atoms with Gasteiger partial charge in [0.05, 0.1) is 17.3 Å². The Kier molecular flexibility index (Phi) is 6.10. The Hall–Kier alpha value is -2.84. The minimum atomic E-state index is 0.272. The lowest BCUT2D eigenvalue weighted by Crippen LogP contribution is -2.00. The van der Waals surface area contributed by atoms with Crippen molar-refractivity contribution in [2.24, 2.45) is 0 Å². The third-order valence-electron chi connectivity index (χ3n) is 3.93. The molecule has 0 aliphatic rings. The average Bonchev–Trinajstić information content (AvgIpc) is 2.66. The van der Waals surface area contributed by atoms with Gasteiger partial charge in [-0.25, -0.2) is 4.98 Å². The van der Waals surface area contributed by atoms with E-state index in [2.05, 4.69) is 29.9 Å². The summed E-state index contributed by atoms with van der Waals surface area (Å²) in [6, 6.07) is 19.6. The molecule has 0 saturated carbocycles. The normalized spacial score (nSPS) is 10.6. The van der Waals surface area contributed by atoms with Crippen molar-refractivity contribution in [2.45, 2.75) is 37.6 Å². The maximum absolute atomic E-state index is 9.04. The van der Waals surface area contributed by atoms with E-state index in [4.69, 9.17) is 10.00 Å². The number of nitrogens with zero attached hydrogens (tertiary/aromatic N) is 3. The van der Waals surface area contributed by atoms with Gasteiger partial charge in [-0.1, -0.05) is 49.9 Å². The molecule has 5 heteroatoms. The van der Waals surface area contributed by atoms with Crippen LogP contribution in [0.5, 0.6) is 11.6 Å². The molecular weight excluding hydrogens is 354 g/mol. The molecule has 136 valence electrons. The molecule has 0 aliphatic carbocycles. The van der Waals surface area contributed by atoms with Gasteiger partial charge in [-0.05, 0) is 48.2 Å². The molecule has 0 unspecified atom stereocenters. The fourth-order valence-electron chi connectivity index (χ4n) is 2.51. The van der Waals surface area contributed by atoms with Crippen molar-refractivity contribution in [1.82, 2.24) is 9.97 Å². The Morgan fingerprint density at radius 3 is 2.63 bits per heavy atom. The summed E-state index contributed by atoms with van der Waals surface area (Å²) in [6.45, 7) is 6.23. The van der Waals surface area contributed by atoms with Gasteiger partial charge >= 0.3 is 0 Å². The van der Waals surface area contributed by atoms with Crippen LogP contribution in [0, 0.1) is 18.3 Å². The first-order chi connectivity index (χ1) is 13.0. The second-order valence-corrected chi connectivity index (χ2v) is 7.53. The van der Waals surface area contributed by atoms with Gasteiger partial charge in [0.25, 0.3) is 0 Å². The number of aryl methyl sites for hydroxylation is 1. The molecule has 3 aromatic rings. The lowest BCUT2D eigenvalue weighted by Gasteiger charge is -2.11.